The molecule has 0 saturated carbocycles. The number of piperidine rings is 1. The average Bonchev–Trinajstić information content (AvgIpc) is 2.55. The predicted molar refractivity (Wildman–Crippen MR) is 87.9 cm³/mol. The largest absolute Gasteiger partial charge is 0.368 e. The second-order valence-electron chi connectivity index (χ2n) is 5.49. The predicted octanol–water partition coefficient (Wildman–Crippen LogP) is 2.57. The molecular weight excluding hydrogens is 262 g/mol. The standard InChI is InChI=1S/C16H23N5/c1-17-16-19-14-8-4-3-7-13(14)15(20-16)18-9-12-21-10-5-2-6-11-21/h3-4,7-8H,2,5-6,9-12H2,1H3,(H2,17,18,19,20). The summed E-state index contributed by atoms with van der Waals surface area (Å²) in [7, 11) is 1.85. The maximum absolute atomic E-state index is 4.55. The first-order valence-electron chi connectivity index (χ1n) is 7.77. The van der Waals surface area contributed by atoms with Crippen LogP contribution in [0.5, 0.6) is 0 Å². The number of rotatable bonds is 5. The monoisotopic (exact) mass is 285 g/mol. The van der Waals surface area contributed by atoms with Crippen LogP contribution in [0.15, 0.2) is 24.3 Å². The second-order valence-corrected chi connectivity index (χ2v) is 5.49. The van der Waals surface area contributed by atoms with E-state index in [4.69, 9.17) is 0 Å². The Labute approximate surface area is 125 Å². The second kappa shape index (κ2) is 6.72. The van der Waals surface area contributed by atoms with E-state index in [1.165, 1.54) is 32.4 Å². The molecule has 2 N–H and O–H groups in total. The summed E-state index contributed by atoms with van der Waals surface area (Å²) in [5.41, 5.74) is 0.970. The van der Waals surface area contributed by atoms with E-state index in [2.05, 4.69) is 31.6 Å². The van der Waals surface area contributed by atoms with Crippen LogP contribution in [-0.4, -0.2) is 48.1 Å². The Bertz CT molecular complexity index is 592. The molecule has 0 bridgehead atoms. The zero-order valence-corrected chi connectivity index (χ0v) is 12.6. The summed E-state index contributed by atoms with van der Waals surface area (Å²) in [6.45, 7) is 4.46. The molecule has 5 nitrogen and oxygen atoms in total. The maximum atomic E-state index is 4.55. The summed E-state index contributed by atoms with van der Waals surface area (Å²) < 4.78 is 0. The van der Waals surface area contributed by atoms with Gasteiger partial charge >= 0.3 is 0 Å². The highest BCUT2D eigenvalue weighted by Gasteiger charge is 2.10. The third-order valence-electron chi connectivity index (χ3n) is 4.00. The molecule has 1 aromatic heterocycles. The van der Waals surface area contributed by atoms with E-state index in [-0.39, 0.29) is 0 Å². The van der Waals surface area contributed by atoms with Gasteiger partial charge in [0.25, 0.3) is 0 Å². The average molecular weight is 285 g/mol. The Balaban J connectivity index is 1.70. The van der Waals surface area contributed by atoms with Gasteiger partial charge in [-0.15, -0.1) is 0 Å². The van der Waals surface area contributed by atoms with Gasteiger partial charge in [-0.3, -0.25) is 0 Å². The van der Waals surface area contributed by atoms with Crippen molar-refractivity contribution in [2.45, 2.75) is 19.3 Å². The molecule has 21 heavy (non-hydrogen) atoms. The van der Waals surface area contributed by atoms with Crippen molar-refractivity contribution in [3.8, 4) is 0 Å². The van der Waals surface area contributed by atoms with Crippen LogP contribution in [0.1, 0.15) is 19.3 Å². The number of fused-ring (bicyclic) bond motifs is 1. The summed E-state index contributed by atoms with van der Waals surface area (Å²) in [5, 5.41) is 7.58. The van der Waals surface area contributed by atoms with E-state index >= 15 is 0 Å². The van der Waals surface area contributed by atoms with Crippen molar-refractivity contribution in [1.29, 1.82) is 0 Å². The van der Waals surface area contributed by atoms with Gasteiger partial charge in [0.15, 0.2) is 0 Å². The van der Waals surface area contributed by atoms with Crippen LogP contribution in [0.2, 0.25) is 0 Å². The fourth-order valence-corrected chi connectivity index (χ4v) is 2.84. The highest BCUT2D eigenvalue weighted by molar-refractivity contribution is 5.89. The van der Waals surface area contributed by atoms with Gasteiger partial charge in [0.05, 0.1) is 5.52 Å². The Morgan fingerprint density at radius 2 is 1.90 bits per heavy atom. The van der Waals surface area contributed by atoms with Crippen LogP contribution < -0.4 is 10.6 Å². The minimum Gasteiger partial charge on any atom is -0.368 e. The molecule has 1 aromatic carbocycles. The van der Waals surface area contributed by atoms with Crippen molar-refractivity contribution in [3.63, 3.8) is 0 Å². The van der Waals surface area contributed by atoms with Crippen molar-refractivity contribution < 1.29 is 0 Å². The molecule has 0 aliphatic carbocycles. The van der Waals surface area contributed by atoms with Gasteiger partial charge in [0, 0.05) is 25.5 Å². The van der Waals surface area contributed by atoms with Crippen LogP contribution in [-0.2, 0) is 0 Å². The number of para-hydroxylation sites is 1. The quantitative estimate of drug-likeness (QED) is 0.884. The maximum Gasteiger partial charge on any atom is 0.224 e. The van der Waals surface area contributed by atoms with Gasteiger partial charge in [-0.05, 0) is 38.1 Å². The summed E-state index contributed by atoms with van der Waals surface area (Å²) in [6, 6.07) is 8.12. The van der Waals surface area contributed by atoms with Crippen molar-refractivity contribution in [1.82, 2.24) is 14.9 Å². The lowest BCUT2D eigenvalue weighted by atomic mass is 10.1. The molecule has 1 aliphatic rings. The van der Waals surface area contributed by atoms with E-state index in [0.29, 0.717) is 5.95 Å². The van der Waals surface area contributed by atoms with E-state index in [1.54, 1.807) is 0 Å². The van der Waals surface area contributed by atoms with Gasteiger partial charge < -0.3 is 15.5 Å². The van der Waals surface area contributed by atoms with Gasteiger partial charge in [-0.1, -0.05) is 18.6 Å². The van der Waals surface area contributed by atoms with Crippen molar-refractivity contribution in [2.24, 2.45) is 0 Å². The van der Waals surface area contributed by atoms with Crippen molar-refractivity contribution in [3.05, 3.63) is 24.3 Å². The minimum atomic E-state index is 0.661. The molecular formula is C16H23N5. The molecule has 1 fully saturated rings. The van der Waals surface area contributed by atoms with E-state index in [1.807, 2.05) is 25.2 Å². The number of hydrogen-bond acceptors (Lipinski definition) is 5. The zero-order valence-electron chi connectivity index (χ0n) is 12.6. The van der Waals surface area contributed by atoms with Crippen LogP contribution in [0, 0.1) is 0 Å². The Hall–Kier alpha value is -1.88. The van der Waals surface area contributed by atoms with E-state index in [0.717, 1.165) is 29.8 Å². The van der Waals surface area contributed by atoms with Gasteiger partial charge in [-0.2, -0.15) is 4.98 Å². The zero-order chi connectivity index (χ0) is 14.5. The van der Waals surface area contributed by atoms with Crippen LogP contribution in [0.25, 0.3) is 10.9 Å². The van der Waals surface area contributed by atoms with Crippen LogP contribution >= 0.6 is 0 Å². The Kier molecular flexibility index (Phi) is 4.50. The molecule has 0 unspecified atom stereocenters. The topological polar surface area (TPSA) is 53.1 Å². The molecule has 5 heteroatoms. The first kappa shape index (κ1) is 14.1. The number of aromatic nitrogens is 2. The van der Waals surface area contributed by atoms with Gasteiger partial charge in [-0.25, -0.2) is 4.98 Å². The molecule has 112 valence electrons. The normalized spacial score (nSPS) is 16.0. The SMILES string of the molecule is CNc1nc(NCCN2CCCCC2)c2ccccc2n1. The molecule has 1 saturated heterocycles. The molecule has 2 aromatic rings. The molecule has 1 aliphatic heterocycles. The Morgan fingerprint density at radius 3 is 2.71 bits per heavy atom. The lowest BCUT2D eigenvalue weighted by Gasteiger charge is -2.26. The fraction of sp³-hybridized carbons (Fsp3) is 0.500. The molecule has 0 spiro atoms. The third kappa shape index (κ3) is 3.42. The number of hydrogen-bond donors (Lipinski definition) is 2. The minimum absolute atomic E-state index is 0.661. The molecule has 0 atom stereocenters. The number of benzene rings is 1. The number of likely N-dealkylation sites (tertiary alicyclic amines) is 1. The lowest BCUT2D eigenvalue weighted by Crippen LogP contribution is -2.33. The van der Waals surface area contributed by atoms with E-state index < -0.39 is 0 Å². The third-order valence-corrected chi connectivity index (χ3v) is 4.00. The molecule has 0 amide bonds. The Morgan fingerprint density at radius 1 is 1.10 bits per heavy atom. The number of nitrogens with zero attached hydrogens (tertiary/aromatic N) is 3. The van der Waals surface area contributed by atoms with Crippen molar-refractivity contribution in [2.75, 3.05) is 43.9 Å². The molecule has 3 rings (SSSR count). The summed E-state index contributed by atoms with van der Waals surface area (Å²) in [6.07, 6.45) is 4.05. The fourth-order valence-electron chi connectivity index (χ4n) is 2.84. The summed E-state index contributed by atoms with van der Waals surface area (Å²) in [5.74, 6) is 1.58. The van der Waals surface area contributed by atoms with E-state index in [9.17, 15) is 0 Å². The van der Waals surface area contributed by atoms with Crippen LogP contribution in [0.4, 0.5) is 11.8 Å². The van der Waals surface area contributed by atoms with Gasteiger partial charge in [0.1, 0.15) is 5.82 Å². The van der Waals surface area contributed by atoms with Gasteiger partial charge in [0.2, 0.25) is 5.95 Å². The lowest BCUT2D eigenvalue weighted by molar-refractivity contribution is 0.237. The van der Waals surface area contributed by atoms with Crippen LogP contribution in [0.3, 0.4) is 0 Å². The number of nitrogens with one attached hydrogen (secondary N) is 2. The first-order valence-corrected chi connectivity index (χ1v) is 7.77. The summed E-state index contributed by atoms with van der Waals surface area (Å²) >= 11 is 0. The smallest absolute Gasteiger partial charge is 0.224 e. The highest BCUT2D eigenvalue weighted by Crippen LogP contribution is 2.21. The molecule has 2 heterocycles. The number of anilines is 2. The van der Waals surface area contributed by atoms with Crippen molar-refractivity contribution >= 4 is 22.7 Å². The first-order chi connectivity index (χ1) is 10.4. The highest BCUT2D eigenvalue weighted by atomic mass is 15.2. The molecule has 0 radical (unpaired) electrons. The summed E-state index contributed by atoms with van der Waals surface area (Å²) in [4.78, 5) is 11.6.